The van der Waals surface area contributed by atoms with Gasteiger partial charge in [-0.3, -0.25) is 0 Å². The van der Waals surface area contributed by atoms with Crippen LogP contribution >= 0.6 is 0 Å². The minimum absolute atomic E-state index is 0.482. The topological polar surface area (TPSA) is 9.23 Å². The van der Waals surface area contributed by atoms with Crippen molar-refractivity contribution in [1.82, 2.24) is 0 Å². The Morgan fingerprint density at radius 1 is 1.27 bits per heavy atom. The highest BCUT2D eigenvalue weighted by molar-refractivity contribution is 5.17. The van der Waals surface area contributed by atoms with Gasteiger partial charge in [0.15, 0.2) is 0 Å². The van der Waals surface area contributed by atoms with Crippen LogP contribution in [-0.2, 0) is 11.2 Å². The van der Waals surface area contributed by atoms with Crippen LogP contribution < -0.4 is 0 Å². The highest BCUT2D eigenvalue weighted by Gasteiger charge is 2.53. The molecule has 1 nitrogen and oxygen atoms in total. The van der Waals surface area contributed by atoms with Gasteiger partial charge in [-0.1, -0.05) is 37.3 Å². The second-order valence-electron chi connectivity index (χ2n) is 5.27. The quantitative estimate of drug-likeness (QED) is 0.716. The second-order valence-corrected chi connectivity index (χ2v) is 5.27. The van der Waals surface area contributed by atoms with Crippen LogP contribution in [-0.4, -0.2) is 12.7 Å². The van der Waals surface area contributed by atoms with Crippen LogP contribution in [0.4, 0.5) is 0 Å². The first-order valence-corrected chi connectivity index (χ1v) is 5.94. The molecule has 1 aromatic rings. The zero-order valence-corrected chi connectivity index (χ0v) is 9.28. The van der Waals surface area contributed by atoms with Gasteiger partial charge < -0.3 is 4.74 Å². The Labute approximate surface area is 91.5 Å². The lowest BCUT2D eigenvalue weighted by Crippen LogP contribution is -2.49. The molecule has 1 saturated heterocycles. The molecule has 80 valence electrons. The molecular formula is C14H18O. The Balaban J connectivity index is 1.74. The molecule has 2 aliphatic rings. The molecule has 1 heterocycles. The Morgan fingerprint density at radius 3 is 2.67 bits per heavy atom. The molecule has 0 amide bonds. The fourth-order valence-electron chi connectivity index (χ4n) is 3.17. The Morgan fingerprint density at radius 2 is 2.07 bits per heavy atom. The van der Waals surface area contributed by atoms with Gasteiger partial charge in [0.1, 0.15) is 0 Å². The molecule has 3 unspecified atom stereocenters. The average molecular weight is 202 g/mol. The fourth-order valence-corrected chi connectivity index (χ4v) is 3.17. The maximum atomic E-state index is 5.63. The number of ether oxygens (including phenoxy) is 1. The van der Waals surface area contributed by atoms with Crippen molar-refractivity contribution >= 4 is 0 Å². The molecule has 0 spiro atoms. The van der Waals surface area contributed by atoms with Gasteiger partial charge in [0.25, 0.3) is 0 Å². The first-order valence-electron chi connectivity index (χ1n) is 5.94. The molecule has 0 radical (unpaired) electrons. The first-order chi connectivity index (χ1) is 7.29. The van der Waals surface area contributed by atoms with Crippen molar-refractivity contribution in [2.24, 2.45) is 11.3 Å². The van der Waals surface area contributed by atoms with E-state index < -0.39 is 0 Å². The van der Waals surface area contributed by atoms with Gasteiger partial charge in [-0.15, -0.1) is 0 Å². The van der Waals surface area contributed by atoms with E-state index in [-0.39, 0.29) is 0 Å². The molecule has 1 heteroatoms. The molecule has 0 bridgehead atoms. The molecule has 15 heavy (non-hydrogen) atoms. The minimum atomic E-state index is 0.482. The van der Waals surface area contributed by atoms with Crippen LogP contribution in [0.1, 0.15) is 25.3 Å². The molecule has 1 aromatic carbocycles. The summed E-state index contributed by atoms with van der Waals surface area (Å²) in [6.45, 7) is 3.39. The van der Waals surface area contributed by atoms with Gasteiger partial charge >= 0.3 is 0 Å². The summed E-state index contributed by atoms with van der Waals surface area (Å²) in [5.41, 5.74) is 1.96. The predicted molar refractivity (Wildman–Crippen MR) is 60.7 cm³/mol. The van der Waals surface area contributed by atoms with E-state index in [2.05, 4.69) is 37.3 Å². The largest absolute Gasteiger partial charge is 0.377 e. The van der Waals surface area contributed by atoms with Gasteiger partial charge in [0.2, 0.25) is 0 Å². The van der Waals surface area contributed by atoms with Gasteiger partial charge in [-0.25, -0.2) is 0 Å². The smallest absolute Gasteiger partial charge is 0.0653 e. The number of hydrogen-bond acceptors (Lipinski definition) is 1. The number of benzene rings is 1. The summed E-state index contributed by atoms with van der Waals surface area (Å²) in [6.07, 6.45) is 4.41. The lowest BCUT2D eigenvalue weighted by Gasteiger charge is -2.45. The Hall–Kier alpha value is -0.820. The molecule has 0 aromatic heterocycles. The van der Waals surface area contributed by atoms with Gasteiger partial charge in [0, 0.05) is 5.41 Å². The Bertz CT molecular complexity index is 346. The maximum absolute atomic E-state index is 5.63. The molecule has 3 rings (SSSR count). The van der Waals surface area contributed by atoms with E-state index in [4.69, 9.17) is 4.74 Å². The SMILES string of the molecule is CC12COC1CCC2Cc1ccccc1. The minimum Gasteiger partial charge on any atom is -0.377 e. The molecule has 1 aliphatic heterocycles. The van der Waals surface area contributed by atoms with Crippen LogP contribution in [0.15, 0.2) is 30.3 Å². The van der Waals surface area contributed by atoms with Gasteiger partial charge in [0.05, 0.1) is 12.7 Å². The van der Waals surface area contributed by atoms with Crippen molar-refractivity contribution in [2.75, 3.05) is 6.61 Å². The van der Waals surface area contributed by atoms with Crippen molar-refractivity contribution in [1.29, 1.82) is 0 Å². The highest BCUT2D eigenvalue weighted by atomic mass is 16.5. The summed E-state index contributed by atoms with van der Waals surface area (Å²) in [4.78, 5) is 0. The number of hydrogen-bond donors (Lipinski definition) is 0. The summed E-state index contributed by atoms with van der Waals surface area (Å²) in [5.74, 6) is 0.832. The maximum Gasteiger partial charge on any atom is 0.0653 e. The third kappa shape index (κ3) is 1.41. The van der Waals surface area contributed by atoms with Gasteiger partial charge in [-0.05, 0) is 30.7 Å². The third-order valence-corrected chi connectivity index (χ3v) is 4.37. The van der Waals surface area contributed by atoms with E-state index in [0.717, 1.165) is 12.5 Å². The van der Waals surface area contributed by atoms with Crippen LogP contribution in [0.2, 0.25) is 0 Å². The van der Waals surface area contributed by atoms with E-state index in [9.17, 15) is 0 Å². The summed E-state index contributed by atoms with van der Waals surface area (Å²) in [7, 11) is 0. The third-order valence-electron chi connectivity index (χ3n) is 4.37. The van der Waals surface area contributed by atoms with E-state index in [1.54, 1.807) is 0 Å². The zero-order valence-electron chi connectivity index (χ0n) is 9.28. The van der Waals surface area contributed by atoms with Crippen molar-refractivity contribution in [3.8, 4) is 0 Å². The average Bonchev–Trinajstić information content (AvgIpc) is 2.45. The summed E-state index contributed by atoms with van der Waals surface area (Å²) < 4.78 is 5.63. The molecule has 1 aliphatic carbocycles. The van der Waals surface area contributed by atoms with E-state index >= 15 is 0 Å². The predicted octanol–water partition coefficient (Wildman–Crippen LogP) is 3.04. The van der Waals surface area contributed by atoms with Crippen molar-refractivity contribution < 1.29 is 4.74 Å². The Kier molecular flexibility index (Phi) is 2.10. The molecule has 0 N–H and O–H groups in total. The monoisotopic (exact) mass is 202 g/mol. The standard InChI is InChI=1S/C14H18O/c1-14-10-15-13(14)8-7-12(14)9-11-5-3-2-4-6-11/h2-6,12-13H,7-10H2,1H3. The highest BCUT2D eigenvalue weighted by Crippen LogP contribution is 2.52. The van der Waals surface area contributed by atoms with E-state index in [1.807, 2.05) is 0 Å². The lowest BCUT2D eigenvalue weighted by atomic mass is 9.73. The number of fused-ring (bicyclic) bond motifs is 1. The molecular weight excluding hydrogens is 184 g/mol. The second kappa shape index (κ2) is 3.34. The van der Waals surface area contributed by atoms with Crippen molar-refractivity contribution in [3.05, 3.63) is 35.9 Å². The zero-order chi connectivity index (χ0) is 10.3. The molecule has 1 saturated carbocycles. The van der Waals surface area contributed by atoms with Crippen LogP contribution in [0, 0.1) is 11.3 Å². The van der Waals surface area contributed by atoms with Crippen molar-refractivity contribution in [2.45, 2.75) is 32.3 Å². The fraction of sp³-hybridized carbons (Fsp3) is 0.571. The normalized spacial score (nSPS) is 38.5. The van der Waals surface area contributed by atoms with E-state index in [1.165, 1.54) is 24.8 Å². The van der Waals surface area contributed by atoms with Crippen molar-refractivity contribution in [3.63, 3.8) is 0 Å². The summed E-state index contributed by atoms with van der Waals surface area (Å²) in [6, 6.07) is 10.9. The van der Waals surface area contributed by atoms with E-state index in [0.29, 0.717) is 11.5 Å². The van der Waals surface area contributed by atoms with Crippen LogP contribution in [0.3, 0.4) is 0 Å². The molecule has 3 atom stereocenters. The van der Waals surface area contributed by atoms with Crippen LogP contribution in [0.5, 0.6) is 0 Å². The summed E-state index contributed by atoms with van der Waals surface area (Å²) >= 11 is 0. The number of rotatable bonds is 2. The van der Waals surface area contributed by atoms with Crippen LogP contribution in [0.25, 0.3) is 0 Å². The first kappa shape index (κ1) is 9.41. The van der Waals surface area contributed by atoms with Gasteiger partial charge in [-0.2, -0.15) is 0 Å². The molecule has 2 fully saturated rings. The summed E-state index contributed by atoms with van der Waals surface area (Å²) in [5, 5.41) is 0. The lowest BCUT2D eigenvalue weighted by molar-refractivity contribution is -0.174.